The van der Waals surface area contributed by atoms with Gasteiger partial charge in [-0.1, -0.05) is 18.2 Å². The van der Waals surface area contributed by atoms with E-state index in [9.17, 15) is 10.5 Å². The third kappa shape index (κ3) is 2.29. The van der Waals surface area contributed by atoms with Gasteiger partial charge in [-0.2, -0.15) is 10.5 Å². The van der Waals surface area contributed by atoms with Crippen LogP contribution >= 0.6 is 11.3 Å². The summed E-state index contributed by atoms with van der Waals surface area (Å²) in [4.78, 5) is 0. The van der Waals surface area contributed by atoms with Crippen LogP contribution < -0.4 is 0 Å². The maximum Gasteiger partial charge on any atom is 0.0991 e. The second-order valence-corrected chi connectivity index (χ2v) is 8.39. The average molecular weight is 399 g/mol. The number of fused-ring (bicyclic) bond motifs is 6. The van der Waals surface area contributed by atoms with Crippen LogP contribution in [0, 0.1) is 22.7 Å². The average Bonchev–Trinajstić information content (AvgIpc) is 3.33. The number of nitriles is 2. The molecular formula is C26H13N3S. The van der Waals surface area contributed by atoms with Crippen molar-refractivity contribution in [3.05, 3.63) is 90.0 Å². The second-order valence-electron chi connectivity index (χ2n) is 7.30. The standard InChI is InChI=1S/C26H13N3S/c27-14-16-5-8-24-20(11-16)19-3-1-2-4-23(19)29(24)18-7-10-26-22(13-18)21-12-17(15-28)6-9-25(21)30-26/h1-13H. The highest BCUT2D eigenvalue weighted by molar-refractivity contribution is 7.25. The lowest BCUT2D eigenvalue weighted by atomic mass is 10.1. The third-order valence-electron chi connectivity index (χ3n) is 5.64. The van der Waals surface area contributed by atoms with E-state index in [1.165, 1.54) is 9.40 Å². The normalized spacial score (nSPS) is 11.3. The minimum Gasteiger partial charge on any atom is -0.309 e. The molecule has 0 fully saturated rings. The fraction of sp³-hybridized carbons (Fsp3) is 0. The number of thiophene rings is 1. The van der Waals surface area contributed by atoms with E-state index < -0.39 is 0 Å². The van der Waals surface area contributed by atoms with Gasteiger partial charge in [0, 0.05) is 36.6 Å². The molecule has 138 valence electrons. The number of rotatable bonds is 1. The first kappa shape index (κ1) is 16.8. The molecule has 4 aromatic carbocycles. The summed E-state index contributed by atoms with van der Waals surface area (Å²) in [6, 6.07) is 31.0. The van der Waals surface area contributed by atoms with Gasteiger partial charge in [-0.25, -0.2) is 0 Å². The number of benzene rings is 4. The maximum atomic E-state index is 9.35. The first-order valence-corrected chi connectivity index (χ1v) is 10.4. The molecule has 4 heteroatoms. The van der Waals surface area contributed by atoms with E-state index in [1.54, 1.807) is 11.3 Å². The van der Waals surface area contributed by atoms with E-state index in [2.05, 4.69) is 47.0 Å². The van der Waals surface area contributed by atoms with Gasteiger partial charge in [-0.15, -0.1) is 11.3 Å². The van der Waals surface area contributed by atoms with Gasteiger partial charge < -0.3 is 4.57 Å². The molecule has 2 heterocycles. The summed E-state index contributed by atoms with van der Waals surface area (Å²) >= 11 is 1.74. The fourth-order valence-electron chi connectivity index (χ4n) is 4.29. The molecule has 0 spiro atoms. The molecule has 0 saturated heterocycles. The van der Waals surface area contributed by atoms with Crippen molar-refractivity contribution in [3.63, 3.8) is 0 Å². The molecule has 6 rings (SSSR count). The molecule has 0 aliphatic carbocycles. The molecule has 30 heavy (non-hydrogen) atoms. The minimum absolute atomic E-state index is 0.661. The lowest BCUT2D eigenvalue weighted by Crippen LogP contribution is -1.93. The van der Waals surface area contributed by atoms with Gasteiger partial charge in [-0.3, -0.25) is 0 Å². The SMILES string of the molecule is N#Cc1ccc2sc3ccc(-n4c5ccccc5c5cc(C#N)ccc54)cc3c2c1. The molecule has 0 aliphatic rings. The first-order valence-electron chi connectivity index (χ1n) is 9.57. The summed E-state index contributed by atoms with van der Waals surface area (Å²) in [7, 11) is 0. The van der Waals surface area contributed by atoms with E-state index in [0.29, 0.717) is 11.1 Å². The van der Waals surface area contributed by atoms with Crippen LogP contribution in [-0.2, 0) is 0 Å². The molecule has 0 bridgehead atoms. The quantitative estimate of drug-likeness (QED) is 0.302. The van der Waals surface area contributed by atoms with Crippen LogP contribution in [0.2, 0.25) is 0 Å². The Kier molecular flexibility index (Phi) is 3.47. The molecule has 2 aromatic heterocycles. The highest BCUT2D eigenvalue weighted by Crippen LogP contribution is 2.38. The van der Waals surface area contributed by atoms with Crippen molar-refractivity contribution >= 4 is 53.3 Å². The van der Waals surface area contributed by atoms with Gasteiger partial charge in [-0.05, 0) is 60.7 Å². The van der Waals surface area contributed by atoms with Crippen LogP contribution in [0.3, 0.4) is 0 Å². The van der Waals surface area contributed by atoms with Gasteiger partial charge in [0.1, 0.15) is 0 Å². The topological polar surface area (TPSA) is 52.5 Å². The Hall–Kier alpha value is -4.12. The van der Waals surface area contributed by atoms with Crippen molar-refractivity contribution in [2.24, 2.45) is 0 Å². The van der Waals surface area contributed by atoms with E-state index in [1.807, 2.05) is 48.5 Å². The Morgan fingerprint density at radius 3 is 2.03 bits per heavy atom. The molecule has 3 nitrogen and oxygen atoms in total. The van der Waals surface area contributed by atoms with Gasteiger partial charge in [0.05, 0.1) is 34.3 Å². The largest absolute Gasteiger partial charge is 0.309 e. The van der Waals surface area contributed by atoms with Crippen LogP contribution in [0.15, 0.2) is 78.9 Å². The molecule has 6 aromatic rings. The molecule has 0 unspecified atom stereocenters. The van der Waals surface area contributed by atoms with Crippen molar-refractivity contribution in [3.8, 4) is 17.8 Å². The molecule has 0 aliphatic heterocycles. The highest BCUT2D eigenvalue weighted by Gasteiger charge is 2.14. The van der Waals surface area contributed by atoms with Gasteiger partial charge in [0.15, 0.2) is 0 Å². The fourth-order valence-corrected chi connectivity index (χ4v) is 5.36. The highest BCUT2D eigenvalue weighted by atomic mass is 32.1. The van der Waals surface area contributed by atoms with Crippen LogP contribution in [-0.4, -0.2) is 4.57 Å². The number of hydrogen-bond donors (Lipinski definition) is 0. The Morgan fingerprint density at radius 2 is 1.23 bits per heavy atom. The second kappa shape index (κ2) is 6.19. The lowest BCUT2D eigenvalue weighted by molar-refractivity contribution is 1.19. The van der Waals surface area contributed by atoms with Crippen LogP contribution in [0.25, 0.3) is 47.7 Å². The van der Waals surface area contributed by atoms with Crippen LogP contribution in [0.1, 0.15) is 11.1 Å². The maximum absolute atomic E-state index is 9.35. The number of aromatic nitrogens is 1. The lowest BCUT2D eigenvalue weighted by Gasteiger charge is -2.08. The zero-order valence-electron chi connectivity index (χ0n) is 15.8. The Balaban J connectivity index is 1.71. The molecule has 0 amide bonds. The molecular weight excluding hydrogens is 386 g/mol. The summed E-state index contributed by atoms with van der Waals surface area (Å²) in [6.07, 6.45) is 0. The molecule has 0 N–H and O–H groups in total. The van der Waals surface area contributed by atoms with E-state index in [0.717, 1.165) is 38.3 Å². The summed E-state index contributed by atoms with van der Waals surface area (Å²) in [5.41, 5.74) is 4.59. The predicted octanol–water partition coefficient (Wildman–Crippen LogP) is 6.89. The summed E-state index contributed by atoms with van der Waals surface area (Å²) in [5, 5.41) is 23.1. The van der Waals surface area contributed by atoms with Crippen molar-refractivity contribution < 1.29 is 0 Å². The van der Waals surface area contributed by atoms with E-state index in [4.69, 9.17) is 0 Å². The van der Waals surface area contributed by atoms with Crippen LogP contribution in [0.4, 0.5) is 0 Å². The van der Waals surface area contributed by atoms with Crippen molar-refractivity contribution in [1.29, 1.82) is 10.5 Å². The Labute approximate surface area is 176 Å². The Morgan fingerprint density at radius 1 is 0.600 bits per heavy atom. The number of nitrogens with zero attached hydrogens (tertiary/aromatic N) is 3. The van der Waals surface area contributed by atoms with Gasteiger partial charge in [0.25, 0.3) is 0 Å². The monoisotopic (exact) mass is 399 g/mol. The van der Waals surface area contributed by atoms with Gasteiger partial charge >= 0.3 is 0 Å². The van der Waals surface area contributed by atoms with E-state index >= 15 is 0 Å². The smallest absolute Gasteiger partial charge is 0.0991 e. The van der Waals surface area contributed by atoms with Crippen molar-refractivity contribution in [2.75, 3.05) is 0 Å². The summed E-state index contributed by atoms with van der Waals surface area (Å²) in [5.74, 6) is 0. The zero-order chi connectivity index (χ0) is 20.2. The summed E-state index contributed by atoms with van der Waals surface area (Å²) in [6.45, 7) is 0. The molecule has 0 radical (unpaired) electrons. The Bertz CT molecular complexity index is 1720. The van der Waals surface area contributed by atoms with E-state index in [-0.39, 0.29) is 0 Å². The van der Waals surface area contributed by atoms with Crippen molar-refractivity contribution in [2.45, 2.75) is 0 Å². The number of hydrogen-bond acceptors (Lipinski definition) is 3. The summed E-state index contributed by atoms with van der Waals surface area (Å²) < 4.78 is 4.64. The number of para-hydroxylation sites is 1. The third-order valence-corrected chi connectivity index (χ3v) is 6.79. The van der Waals surface area contributed by atoms with Gasteiger partial charge in [0.2, 0.25) is 0 Å². The molecule has 0 saturated carbocycles. The van der Waals surface area contributed by atoms with Crippen molar-refractivity contribution in [1.82, 2.24) is 4.57 Å². The minimum atomic E-state index is 0.661. The zero-order valence-corrected chi connectivity index (χ0v) is 16.6. The first-order chi connectivity index (χ1) is 14.8. The predicted molar refractivity (Wildman–Crippen MR) is 123 cm³/mol. The van der Waals surface area contributed by atoms with Crippen LogP contribution in [0.5, 0.6) is 0 Å². The molecule has 0 atom stereocenters.